The first-order valence-corrected chi connectivity index (χ1v) is 6.66. The van der Waals surface area contributed by atoms with Crippen molar-refractivity contribution in [2.24, 2.45) is 0 Å². The van der Waals surface area contributed by atoms with Crippen LogP contribution >= 0.6 is 0 Å². The fourth-order valence-corrected chi connectivity index (χ4v) is 2.22. The van der Waals surface area contributed by atoms with Gasteiger partial charge in [0.05, 0.1) is 23.5 Å². The smallest absolute Gasteiger partial charge is 0.171 e. The van der Waals surface area contributed by atoms with Gasteiger partial charge in [0.1, 0.15) is 0 Å². The predicted octanol–water partition coefficient (Wildman–Crippen LogP) is 2.72. The molecule has 2 aromatic heterocycles. The van der Waals surface area contributed by atoms with Gasteiger partial charge in [-0.3, -0.25) is 9.78 Å². The molecule has 3 rings (SSSR count). The Morgan fingerprint density at radius 1 is 1.15 bits per heavy atom. The molecular weight excluding hydrogens is 250 g/mol. The lowest BCUT2D eigenvalue weighted by Gasteiger charge is -2.02. The van der Waals surface area contributed by atoms with Crippen molar-refractivity contribution in [1.29, 1.82) is 0 Å². The number of rotatable bonds is 4. The molecular formula is C16H15N3O. The van der Waals surface area contributed by atoms with Crippen molar-refractivity contribution in [3.05, 3.63) is 65.7 Å². The van der Waals surface area contributed by atoms with Gasteiger partial charge in [0.15, 0.2) is 5.78 Å². The Hall–Kier alpha value is -2.49. The summed E-state index contributed by atoms with van der Waals surface area (Å²) in [6, 6.07) is 8.17. The second kappa shape index (κ2) is 5.25. The second-order valence-corrected chi connectivity index (χ2v) is 4.73. The highest BCUT2D eigenvalue weighted by Gasteiger charge is 2.13. The monoisotopic (exact) mass is 265 g/mol. The number of Topliss-reactive ketones (excluding diaryl/α,β-unsaturated/α-hetero) is 1. The van der Waals surface area contributed by atoms with Crippen molar-refractivity contribution >= 4 is 11.3 Å². The number of aryl methyl sites for hydroxylation is 1. The number of hydrogen-bond acceptors (Lipinski definition) is 3. The zero-order valence-corrected chi connectivity index (χ0v) is 11.3. The van der Waals surface area contributed by atoms with Gasteiger partial charge in [0, 0.05) is 18.8 Å². The maximum atomic E-state index is 12.4. The minimum atomic E-state index is 0.0669. The summed E-state index contributed by atoms with van der Waals surface area (Å²) in [6.07, 6.45) is 8.06. The highest BCUT2D eigenvalue weighted by molar-refractivity contribution is 6.03. The summed E-state index contributed by atoms with van der Waals surface area (Å²) < 4.78 is 1.67. The highest BCUT2D eigenvalue weighted by atomic mass is 16.1. The molecule has 0 aliphatic rings. The largest absolute Gasteiger partial charge is 0.294 e. The molecule has 0 atom stereocenters. The molecule has 0 N–H and O–H groups in total. The Morgan fingerprint density at radius 2 is 1.90 bits per heavy atom. The standard InChI is InChI=1S/C16H15N3O/c1-2-12-3-5-13(6-4-12)9-16(20)14-10-18-19-8-7-17-11-15(14)19/h3-8,10-11H,2,9H2,1H3. The van der Waals surface area contributed by atoms with E-state index in [0.717, 1.165) is 17.5 Å². The Kier molecular flexibility index (Phi) is 3.29. The summed E-state index contributed by atoms with van der Waals surface area (Å²) in [5.41, 5.74) is 3.68. The van der Waals surface area contributed by atoms with Gasteiger partial charge in [-0.1, -0.05) is 31.2 Å². The third kappa shape index (κ3) is 2.32. The first kappa shape index (κ1) is 12.5. The van der Waals surface area contributed by atoms with Crippen molar-refractivity contribution in [3.8, 4) is 0 Å². The van der Waals surface area contributed by atoms with E-state index in [1.807, 2.05) is 12.1 Å². The van der Waals surface area contributed by atoms with E-state index in [1.165, 1.54) is 5.56 Å². The molecule has 4 heteroatoms. The van der Waals surface area contributed by atoms with Gasteiger partial charge >= 0.3 is 0 Å². The minimum Gasteiger partial charge on any atom is -0.294 e. The number of carbonyl (C=O) groups is 1. The van der Waals surface area contributed by atoms with Crippen molar-refractivity contribution in [3.63, 3.8) is 0 Å². The molecule has 0 fully saturated rings. The van der Waals surface area contributed by atoms with Gasteiger partial charge in [0.2, 0.25) is 0 Å². The highest BCUT2D eigenvalue weighted by Crippen LogP contribution is 2.13. The van der Waals surface area contributed by atoms with Gasteiger partial charge in [-0.05, 0) is 17.5 Å². The molecule has 0 aliphatic heterocycles. The molecule has 1 aromatic carbocycles. The SMILES string of the molecule is CCc1ccc(CC(=O)c2cnn3ccncc23)cc1. The van der Waals surface area contributed by atoms with Crippen LogP contribution in [-0.4, -0.2) is 20.4 Å². The molecule has 0 saturated carbocycles. The zero-order valence-electron chi connectivity index (χ0n) is 11.3. The van der Waals surface area contributed by atoms with Crippen molar-refractivity contribution in [2.75, 3.05) is 0 Å². The third-order valence-electron chi connectivity index (χ3n) is 3.42. The van der Waals surface area contributed by atoms with Crippen molar-refractivity contribution < 1.29 is 4.79 Å². The summed E-state index contributed by atoms with van der Waals surface area (Å²) in [5, 5.41) is 4.16. The quantitative estimate of drug-likeness (QED) is 0.681. The van der Waals surface area contributed by atoms with E-state index >= 15 is 0 Å². The Labute approximate surface area is 117 Å². The normalized spacial score (nSPS) is 10.8. The average Bonchev–Trinajstić information content (AvgIpc) is 2.92. The average molecular weight is 265 g/mol. The molecule has 0 saturated heterocycles. The van der Waals surface area contributed by atoms with Crippen LogP contribution in [0, 0.1) is 0 Å². The van der Waals surface area contributed by atoms with Crippen LogP contribution in [0.15, 0.2) is 49.1 Å². The van der Waals surface area contributed by atoms with Gasteiger partial charge in [-0.15, -0.1) is 0 Å². The zero-order chi connectivity index (χ0) is 13.9. The summed E-state index contributed by atoms with van der Waals surface area (Å²) in [7, 11) is 0. The predicted molar refractivity (Wildman–Crippen MR) is 76.8 cm³/mol. The van der Waals surface area contributed by atoms with E-state index in [9.17, 15) is 4.79 Å². The lowest BCUT2D eigenvalue weighted by atomic mass is 10.0. The van der Waals surface area contributed by atoms with Crippen LogP contribution in [0.4, 0.5) is 0 Å². The number of fused-ring (bicyclic) bond motifs is 1. The molecule has 0 unspecified atom stereocenters. The summed E-state index contributed by atoms with van der Waals surface area (Å²) in [4.78, 5) is 16.4. The maximum Gasteiger partial charge on any atom is 0.171 e. The van der Waals surface area contributed by atoms with Gasteiger partial charge < -0.3 is 0 Å². The van der Waals surface area contributed by atoms with E-state index < -0.39 is 0 Å². The Balaban J connectivity index is 1.85. The van der Waals surface area contributed by atoms with Gasteiger partial charge in [-0.25, -0.2) is 4.52 Å². The number of benzene rings is 1. The van der Waals surface area contributed by atoms with E-state index in [1.54, 1.807) is 29.3 Å². The van der Waals surface area contributed by atoms with E-state index in [0.29, 0.717) is 12.0 Å². The summed E-state index contributed by atoms with van der Waals surface area (Å²) in [5.74, 6) is 0.0669. The molecule has 100 valence electrons. The van der Waals surface area contributed by atoms with Crippen LogP contribution in [0.3, 0.4) is 0 Å². The lowest BCUT2D eigenvalue weighted by Crippen LogP contribution is -2.03. The molecule has 0 aliphatic carbocycles. The molecule has 20 heavy (non-hydrogen) atoms. The first-order valence-electron chi connectivity index (χ1n) is 6.66. The Morgan fingerprint density at radius 3 is 2.65 bits per heavy atom. The molecule has 3 aromatic rings. The van der Waals surface area contributed by atoms with Crippen LogP contribution in [0.5, 0.6) is 0 Å². The van der Waals surface area contributed by atoms with Gasteiger partial charge in [0.25, 0.3) is 0 Å². The second-order valence-electron chi connectivity index (χ2n) is 4.73. The van der Waals surface area contributed by atoms with Gasteiger partial charge in [-0.2, -0.15) is 5.10 Å². The Bertz CT molecular complexity index is 744. The van der Waals surface area contributed by atoms with Crippen LogP contribution < -0.4 is 0 Å². The molecule has 0 bridgehead atoms. The number of aromatic nitrogens is 3. The fourth-order valence-electron chi connectivity index (χ4n) is 2.22. The number of carbonyl (C=O) groups excluding carboxylic acids is 1. The van der Waals surface area contributed by atoms with Crippen LogP contribution in [0.1, 0.15) is 28.4 Å². The van der Waals surface area contributed by atoms with Crippen LogP contribution in [0.2, 0.25) is 0 Å². The molecule has 0 amide bonds. The minimum absolute atomic E-state index is 0.0669. The molecule has 4 nitrogen and oxygen atoms in total. The topological polar surface area (TPSA) is 47.3 Å². The van der Waals surface area contributed by atoms with E-state index in [4.69, 9.17) is 0 Å². The number of ketones is 1. The number of hydrogen-bond donors (Lipinski definition) is 0. The first-order chi connectivity index (χ1) is 9.78. The third-order valence-corrected chi connectivity index (χ3v) is 3.42. The number of nitrogens with zero attached hydrogens (tertiary/aromatic N) is 3. The summed E-state index contributed by atoms with van der Waals surface area (Å²) in [6.45, 7) is 2.12. The molecule has 0 spiro atoms. The van der Waals surface area contributed by atoms with Crippen LogP contribution in [-0.2, 0) is 12.8 Å². The van der Waals surface area contributed by atoms with Crippen molar-refractivity contribution in [1.82, 2.24) is 14.6 Å². The molecule has 0 radical (unpaired) electrons. The van der Waals surface area contributed by atoms with Crippen molar-refractivity contribution in [2.45, 2.75) is 19.8 Å². The lowest BCUT2D eigenvalue weighted by molar-refractivity contribution is 0.0994. The van der Waals surface area contributed by atoms with Crippen LogP contribution in [0.25, 0.3) is 5.52 Å². The van der Waals surface area contributed by atoms with E-state index in [2.05, 4.69) is 29.1 Å². The molecule has 2 heterocycles. The maximum absolute atomic E-state index is 12.4. The fraction of sp³-hybridized carbons (Fsp3) is 0.188. The van der Waals surface area contributed by atoms with E-state index in [-0.39, 0.29) is 5.78 Å². The summed E-state index contributed by atoms with van der Waals surface area (Å²) >= 11 is 0.